The van der Waals surface area contributed by atoms with E-state index in [1.165, 1.54) is 0 Å². The Kier molecular flexibility index (Phi) is 4.02. The van der Waals surface area contributed by atoms with Gasteiger partial charge in [0.05, 0.1) is 19.8 Å². The maximum atomic E-state index is 6.21. The van der Waals surface area contributed by atoms with Crippen molar-refractivity contribution in [1.82, 2.24) is 10.1 Å². The fourth-order valence-corrected chi connectivity index (χ4v) is 2.66. The first kappa shape index (κ1) is 14.8. The number of methoxy groups -OCH3 is 2. The number of rotatable bonds is 6. The second kappa shape index (κ2) is 5.96. The van der Waals surface area contributed by atoms with Gasteiger partial charge in [0.15, 0.2) is 5.82 Å². The average molecular weight is 303 g/mol. The van der Waals surface area contributed by atoms with Crippen LogP contribution in [0.1, 0.15) is 36.5 Å². The monoisotopic (exact) mass is 303 g/mol. The maximum absolute atomic E-state index is 6.21. The smallest absolute Gasteiger partial charge is 0.227 e. The summed E-state index contributed by atoms with van der Waals surface area (Å²) in [4.78, 5) is 4.44. The second-order valence-corrected chi connectivity index (χ2v) is 5.70. The molecule has 1 fully saturated rings. The van der Waals surface area contributed by atoms with Crippen LogP contribution in [-0.2, 0) is 18.4 Å². The Morgan fingerprint density at radius 1 is 1.23 bits per heavy atom. The normalized spacial score (nSPS) is 16.1. The molecule has 1 aromatic heterocycles. The molecule has 3 rings (SSSR count). The standard InChI is InChI=1S/C16H21N3O3/c1-20-12-5-6-13(21-2)11(10-12)4-7-14-18-15(19-22-14)16(17)8-3-9-16/h5-6,10H,3-4,7-9,17H2,1-2H3. The topological polar surface area (TPSA) is 83.4 Å². The summed E-state index contributed by atoms with van der Waals surface area (Å²) in [5.74, 6) is 2.87. The van der Waals surface area contributed by atoms with Gasteiger partial charge in [0.25, 0.3) is 0 Å². The molecular formula is C16H21N3O3. The lowest BCUT2D eigenvalue weighted by Crippen LogP contribution is -2.44. The number of hydrogen-bond donors (Lipinski definition) is 1. The van der Waals surface area contributed by atoms with Crippen LogP contribution >= 0.6 is 0 Å². The van der Waals surface area contributed by atoms with E-state index in [-0.39, 0.29) is 5.54 Å². The summed E-state index contributed by atoms with van der Waals surface area (Å²) in [6.07, 6.45) is 4.36. The quantitative estimate of drug-likeness (QED) is 0.881. The molecule has 1 aromatic carbocycles. The van der Waals surface area contributed by atoms with Crippen molar-refractivity contribution in [3.63, 3.8) is 0 Å². The molecule has 0 aliphatic heterocycles. The second-order valence-electron chi connectivity index (χ2n) is 5.70. The minimum atomic E-state index is -0.380. The van der Waals surface area contributed by atoms with Gasteiger partial charge in [0.1, 0.15) is 11.5 Å². The number of aryl methyl sites for hydroxylation is 2. The van der Waals surface area contributed by atoms with Gasteiger partial charge in [-0.15, -0.1) is 0 Å². The average Bonchev–Trinajstić information content (AvgIpc) is 2.99. The highest BCUT2D eigenvalue weighted by atomic mass is 16.5. The molecule has 1 saturated carbocycles. The van der Waals surface area contributed by atoms with E-state index in [0.717, 1.165) is 42.7 Å². The summed E-state index contributed by atoms with van der Waals surface area (Å²) in [5, 5.41) is 4.03. The molecule has 1 aliphatic rings. The van der Waals surface area contributed by atoms with Gasteiger partial charge in [-0.1, -0.05) is 5.16 Å². The first-order valence-corrected chi connectivity index (χ1v) is 7.47. The van der Waals surface area contributed by atoms with Crippen LogP contribution in [0, 0.1) is 0 Å². The van der Waals surface area contributed by atoms with Gasteiger partial charge in [0.2, 0.25) is 5.89 Å². The Morgan fingerprint density at radius 2 is 2.05 bits per heavy atom. The zero-order valence-electron chi connectivity index (χ0n) is 13.0. The lowest BCUT2D eigenvalue weighted by Gasteiger charge is -2.34. The third-order valence-electron chi connectivity index (χ3n) is 4.25. The molecule has 0 bridgehead atoms. The molecule has 22 heavy (non-hydrogen) atoms. The van der Waals surface area contributed by atoms with E-state index >= 15 is 0 Å². The lowest BCUT2D eigenvalue weighted by atomic mass is 9.77. The van der Waals surface area contributed by atoms with Gasteiger partial charge < -0.3 is 19.7 Å². The highest BCUT2D eigenvalue weighted by Gasteiger charge is 2.38. The maximum Gasteiger partial charge on any atom is 0.227 e. The van der Waals surface area contributed by atoms with Gasteiger partial charge in [-0.25, -0.2) is 0 Å². The molecule has 1 aliphatic carbocycles. The molecule has 0 amide bonds. The predicted molar refractivity (Wildman–Crippen MR) is 81.0 cm³/mol. The molecule has 0 saturated heterocycles. The van der Waals surface area contributed by atoms with Crippen molar-refractivity contribution in [2.45, 2.75) is 37.6 Å². The van der Waals surface area contributed by atoms with Crippen LogP contribution in [0.5, 0.6) is 11.5 Å². The first-order valence-electron chi connectivity index (χ1n) is 7.47. The summed E-state index contributed by atoms with van der Waals surface area (Å²) in [6, 6.07) is 5.74. The van der Waals surface area contributed by atoms with Crippen molar-refractivity contribution >= 4 is 0 Å². The fraction of sp³-hybridized carbons (Fsp3) is 0.500. The van der Waals surface area contributed by atoms with Crippen molar-refractivity contribution in [3.05, 3.63) is 35.5 Å². The molecule has 0 radical (unpaired) electrons. The van der Waals surface area contributed by atoms with E-state index in [0.29, 0.717) is 18.1 Å². The van der Waals surface area contributed by atoms with Gasteiger partial charge in [-0.3, -0.25) is 0 Å². The SMILES string of the molecule is COc1ccc(OC)c(CCc2nc(C3(N)CCC3)no2)c1. The van der Waals surface area contributed by atoms with Crippen molar-refractivity contribution in [2.75, 3.05) is 14.2 Å². The van der Waals surface area contributed by atoms with Crippen molar-refractivity contribution in [3.8, 4) is 11.5 Å². The zero-order valence-corrected chi connectivity index (χ0v) is 13.0. The van der Waals surface area contributed by atoms with Gasteiger partial charge in [-0.2, -0.15) is 4.98 Å². The fourth-order valence-electron chi connectivity index (χ4n) is 2.66. The van der Waals surface area contributed by atoms with E-state index in [9.17, 15) is 0 Å². The Balaban J connectivity index is 1.70. The number of nitrogens with two attached hydrogens (primary N) is 1. The first-order chi connectivity index (χ1) is 10.6. The van der Waals surface area contributed by atoms with Crippen LogP contribution in [-0.4, -0.2) is 24.4 Å². The number of nitrogens with zero attached hydrogens (tertiary/aromatic N) is 2. The van der Waals surface area contributed by atoms with E-state index in [4.69, 9.17) is 19.7 Å². The van der Waals surface area contributed by atoms with E-state index in [2.05, 4.69) is 10.1 Å². The Labute approximate surface area is 129 Å². The summed E-state index contributed by atoms with van der Waals surface area (Å²) in [7, 11) is 3.31. The molecule has 6 nitrogen and oxygen atoms in total. The Bertz CT molecular complexity index is 650. The lowest BCUT2D eigenvalue weighted by molar-refractivity contribution is 0.229. The van der Waals surface area contributed by atoms with Crippen LogP contribution < -0.4 is 15.2 Å². The molecule has 6 heteroatoms. The Morgan fingerprint density at radius 3 is 2.68 bits per heavy atom. The summed E-state index contributed by atoms with van der Waals surface area (Å²) < 4.78 is 16.0. The molecule has 0 spiro atoms. The summed E-state index contributed by atoms with van der Waals surface area (Å²) in [6.45, 7) is 0. The largest absolute Gasteiger partial charge is 0.497 e. The van der Waals surface area contributed by atoms with Gasteiger partial charge in [0, 0.05) is 6.42 Å². The third kappa shape index (κ3) is 2.78. The molecule has 0 atom stereocenters. The predicted octanol–water partition coefficient (Wildman–Crippen LogP) is 2.21. The summed E-state index contributed by atoms with van der Waals surface area (Å²) >= 11 is 0. The van der Waals surface area contributed by atoms with Crippen LogP contribution in [0.3, 0.4) is 0 Å². The summed E-state index contributed by atoms with van der Waals surface area (Å²) in [5.41, 5.74) is 6.88. The van der Waals surface area contributed by atoms with Crippen LogP contribution in [0.15, 0.2) is 22.7 Å². The molecule has 1 heterocycles. The van der Waals surface area contributed by atoms with Crippen LogP contribution in [0.25, 0.3) is 0 Å². The molecule has 0 unspecified atom stereocenters. The molecule has 2 aromatic rings. The number of benzene rings is 1. The van der Waals surface area contributed by atoms with Gasteiger partial charge in [-0.05, 0) is 49.4 Å². The highest BCUT2D eigenvalue weighted by Crippen LogP contribution is 2.37. The minimum absolute atomic E-state index is 0.380. The van der Waals surface area contributed by atoms with Crippen LogP contribution in [0.4, 0.5) is 0 Å². The van der Waals surface area contributed by atoms with E-state index in [1.54, 1.807) is 14.2 Å². The number of hydrogen-bond acceptors (Lipinski definition) is 6. The van der Waals surface area contributed by atoms with Crippen molar-refractivity contribution in [1.29, 1.82) is 0 Å². The Hall–Kier alpha value is -2.08. The third-order valence-corrected chi connectivity index (χ3v) is 4.25. The molecule has 2 N–H and O–H groups in total. The van der Waals surface area contributed by atoms with E-state index < -0.39 is 0 Å². The van der Waals surface area contributed by atoms with Crippen LogP contribution in [0.2, 0.25) is 0 Å². The minimum Gasteiger partial charge on any atom is -0.497 e. The number of aromatic nitrogens is 2. The molecule has 118 valence electrons. The van der Waals surface area contributed by atoms with Crippen molar-refractivity contribution < 1.29 is 14.0 Å². The van der Waals surface area contributed by atoms with Gasteiger partial charge >= 0.3 is 0 Å². The zero-order chi connectivity index (χ0) is 15.6. The van der Waals surface area contributed by atoms with Crippen molar-refractivity contribution in [2.24, 2.45) is 5.73 Å². The highest BCUT2D eigenvalue weighted by molar-refractivity contribution is 5.40. The van der Waals surface area contributed by atoms with E-state index in [1.807, 2.05) is 18.2 Å². The number of ether oxygens (including phenoxy) is 2. The molecular weight excluding hydrogens is 282 g/mol.